The molecule has 0 unspecified atom stereocenters. The van der Waals surface area contributed by atoms with Crippen LogP contribution in [-0.2, 0) is 0 Å². The van der Waals surface area contributed by atoms with Crippen molar-refractivity contribution in [3.05, 3.63) is 37.2 Å². The van der Waals surface area contributed by atoms with Gasteiger partial charge in [-0.15, -0.1) is 0 Å². The molecule has 0 spiro atoms. The number of nitro groups is 1. The first-order valence-electron chi connectivity index (χ1n) is 3.58. The Morgan fingerprint density at radius 2 is 2.14 bits per heavy atom. The average Bonchev–Trinajstić information content (AvgIpc) is 2.08. The zero-order chi connectivity index (χ0) is 10.9. The highest BCUT2D eigenvalue weighted by molar-refractivity contribution is 14.1. The number of carbonyl (C=O) groups is 1. The number of nitrogens with zero attached hydrogens (tertiary/aromatic N) is 1. The molecule has 0 amide bonds. The SMILES string of the molecule is CC(=O)c1cc(F)c(I)c([N+](=O)[O-])c1. The number of benzene rings is 1. The first kappa shape index (κ1) is 11.0. The van der Waals surface area contributed by atoms with Crippen LogP contribution >= 0.6 is 22.6 Å². The summed E-state index contributed by atoms with van der Waals surface area (Å²) in [4.78, 5) is 20.7. The van der Waals surface area contributed by atoms with Gasteiger partial charge >= 0.3 is 0 Å². The molecule has 0 fully saturated rings. The van der Waals surface area contributed by atoms with Gasteiger partial charge in [0.25, 0.3) is 5.69 Å². The van der Waals surface area contributed by atoms with Crippen molar-refractivity contribution in [2.24, 2.45) is 0 Å². The van der Waals surface area contributed by atoms with Gasteiger partial charge in [0, 0.05) is 11.6 Å². The van der Waals surface area contributed by atoms with E-state index >= 15 is 0 Å². The van der Waals surface area contributed by atoms with E-state index in [1.807, 2.05) is 0 Å². The number of Topliss-reactive ketones (excluding diaryl/α,β-unsaturated/α-hetero) is 1. The van der Waals surface area contributed by atoms with Crippen LogP contribution in [0.25, 0.3) is 0 Å². The summed E-state index contributed by atoms with van der Waals surface area (Å²) >= 11 is 1.53. The van der Waals surface area contributed by atoms with Gasteiger partial charge in [-0.2, -0.15) is 0 Å². The maximum atomic E-state index is 13.1. The fourth-order valence-electron chi connectivity index (χ4n) is 0.911. The topological polar surface area (TPSA) is 60.2 Å². The zero-order valence-electron chi connectivity index (χ0n) is 7.08. The molecule has 0 bridgehead atoms. The van der Waals surface area contributed by atoms with E-state index in [1.54, 1.807) is 0 Å². The van der Waals surface area contributed by atoms with Crippen LogP contribution in [-0.4, -0.2) is 10.7 Å². The highest BCUT2D eigenvalue weighted by Crippen LogP contribution is 2.25. The third kappa shape index (κ3) is 2.06. The lowest BCUT2D eigenvalue weighted by Crippen LogP contribution is -2.00. The average molecular weight is 309 g/mol. The molecule has 14 heavy (non-hydrogen) atoms. The molecule has 0 aliphatic carbocycles. The van der Waals surface area contributed by atoms with E-state index < -0.39 is 16.5 Å². The normalized spacial score (nSPS) is 9.93. The molecule has 0 radical (unpaired) electrons. The highest BCUT2D eigenvalue weighted by atomic mass is 127. The molecule has 1 rings (SSSR count). The van der Waals surface area contributed by atoms with Crippen LogP contribution in [0.5, 0.6) is 0 Å². The predicted octanol–water partition coefficient (Wildman–Crippen LogP) is 2.54. The van der Waals surface area contributed by atoms with Crippen LogP contribution in [0.1, 0.15) is 17.3 Å². The van der Waals surface area contributed by atoms with E-state index in [0.29, 0.717) is 0 Å². The molecule has 1 aromatic rings. The lowest BCUT2D eigenvalue weighted by Gasteiger charge is -2.00. The summed E-state index contributed by atoms with van der Waals surface area (Å²) in [6.07, 6.45) is 0. The number of rotatable bonds is 2. The van der Waals surface area contributed by atoms with Crippen molar-refractivity contribution >= 4 is 34.1 Å². The Morgan fingerprint density at radius 1 is 1.57 bits per heavy atom. The molecule has 0 N–H and O–H groups in total. The molecule has 0 atom stereocenters. The first-order chi connectivity index (χ1) is 6.43. The summed E-state index contributed by atoms with van der Waals surface area (Å²) in [6.45, 7) is 1.23. The third-order valence-electron chi connectivity index (χ3n) is 1.61. The number of carbonyl (C=O) groups excluding carboxylic acids is 1. The lowest BCUT2D eigenvalue weighted by atomic mass is 10.1. The van der Waals surface area contributed by atoms with Crippen molar-refractivity contribution in [1.29, 1.82) is 0 Å². The number of ketones is 1. The molecule has 74 valence electrons. The molecule has 0 saturated heterocycles. The minimum atomic E-state index is -0.745. The molecule has 1 aromatic carbocycles. The Labute approximate surface area is 92.4 Å². The smallest absolute Gasteiger partial charge is 0.286 e. The van der Waals surface area contributed by atoms with E-state index in [4.69, 9.17) is 0 Å². The molecule has 0 saturated carbocycles. The van der Waals surface area contributed by atoms with Gasteiger partial charge in [-0.1, -0.05) is 0 Å². The maximum absolute atomic E-state index is 13.1. The van der Waals surface area contributed by atoms with E-state index in [0.717, 1.165) is 12.1 Å². The monoisotopic (exact) mass is 309 g/mol. The van der Waals surface area contributed by atoms with E-state index in [2.05, 4.69) is 0 Å². The summed E-state index contributed by atoms with van der Waals surface area (Å²) in [6, 6.07) is 2.07. The highest BCUT2D eigenvalue weighted by Gasteiger charge is 2.18. The molecule has 4 nitrogen and oxygen atoms in total. The summed E-state index contributed by atoms with van der Waals surface area (Å²) in [5.41, 5.74) is -0.370. The molecule has 0 heterocycles. The number of hydrogen-bond donors (Lipinski definition) is 0. The van der Waals surface area contributed by atoms with Crippen LogP contribution in [0.3, 0.4) is 0 Å². The largest absolute Gasteiger partial charge is 0.295 e. The van der Waals surface area contributed by atoms with Crippen LogP contribution < -0.4 is 0 Å². The van der Waals surface area contributed by atoms with Crippen LogP contribution in [0.2, 0.25) is 0 Å². The lowest BCUT2D eigenvalue weighted by molar-refractivity contribution is -0.386. The van der Waals surface area contributed by atoms with Gasteiger partial charge in [-0.3, -0.25) is 14.9 Å². The Hall–Kier alpha value is -1.05. The second kappa shape index (κ2) is 3.99. The van der Waals surface area contributed by atoms with Gasteiger partial charge < -0.3 is 0 Å². The molecule has 0 aromatic heterocycles. The molecule has 0 aliphatic rings. The van der Waals surface area contributed by atoms with E-state index in [9.17, 15) is 19.3 Å². The second-order valence-corrected chi connectivity index (χ2v) is 3.68. The second-order valence-electron chi connectivity index (χ2n) is 2.60. The quantitative estimate of drug-likeness (QED) is 0.365. The Morgan fingerprint density at radius 3 is 2.57 bits per heavy atom. The van der Waals surface area contributed by atoms with E-state index in [-0.39, 0.29) is 14.8 Å². The first-order valence-corrected chi connectivity index (χ1v) is 4.65. The van der Waals surface area contributed by atoms with Crippen molar-refractivity contribution in [3.63, 3.8) is 0 Å². The molecular formula is C8H5FINO3. The van der Waals surface area contributed by atoms with Gasteiger partial charge in [-0.25, -0.2) is 4.39 Å². The predicted molar refractivity (Wildman–Crippen MR) is 55.8 cm³/mol. The molecule has 6 heteroatoms. The van der Waals surface area contributed by atoms with Crippen molar-refractivity contribution in [2.75, 3.05) is 0 Å². The van der Waals surface area contributed by atoms with Crippen molar-refractivity contribution in [2.45, 2.75) is 6.92 Å². The maximum Gasteiger partial charge on any atom is 0.286 e. The van der Waals surface area contributed by atoms with Crippen LogP contribution in [0.4, 0.5) is 10.1 Å². The molecule has 0 aliphatic heterocycles. The van der Waals surface area contributed by atoms with Crippen molar-refractivity contribution in [3.8, 4) is 0 Å². The fraction of sp³-hybridized carbons (Fsp3) is 0.125. The summed E-state index contributed by atoms with van der Waals surface area (Å²) < 4.78 is 13.0. The minimum Gasteiger partial charge on any atom is -0.295 e. The number of halogens is 2. The summed E-state index contributed by atoms with van der Waals surface area (Å²) in [7, 11) is 0. The summed E-state index contributed by atoms with van der Waals surface area (Å²) in [5, 5.41) is 10.5. The minimum absolute atomic E-state index is 0.00890. The van der Waals surface area contributed by atoms with Crippen molar-refractivity contribution in [1.82, 2.24) is 0 Å². The zero-order valence-corrected chi connectivity index (χ0v) is 9.24. The molecular weight excluding hydrogens is 304 g/mol. The van der Waals surface area contributed by atoms with Gasteiger partial charge in [0.1, 0.15) is 9.39 Å². The van der Waals surface area contributed by atoms with Gasteiger partial charge in [-0.05, 0) is 35.6 Å². The van der Waals surface area contributed by atoms with Crippen LogP contribution in [0, 0.1) is 19.5 Å². The van der Waals surface area contributed by atoms with Crippen molar-refractivity contribution < 1.29 is 14.1 Å². The standard InChI is InChI=1S/C8H5FINO3/c1-4(12)5-2-6(9)8(10)7(3-5)11(13)14/h2-3H,1H3. The Bertz CT molecular complexity index is 419. The van der Waals surface area contributed by atoms with Crippen LogP contribution in [0.15, 0.2) is 12.1 Å². The van der Waals surface area contributed by atoms with Gasteiger partial charge in [0.2, 0.25) is 0 Å². The van der Waals surface area contributed by atoms with Gasteiger partial charge in [0.05, 0.1) is 4.92 Å². The fourth-order valence-corrected chi connectivity index (χ4v) is 1.42. The summed E-state index contributed by atoms with van der Waals surface area (Å²) in [5.74, 6) is -1.14. The van der Waals surface area contributed by atoms with E-state index in [1.165, 1.54) is 29.5 Å². The Balaban J connectivity index is 3.43. The number of nitro benzene ring substituents is 1. The third-order valence-corrected chi connectivity index (χ3v) is 2.68. The Kier molecular flexibility index (Phi) is 3.14. The number of hydrogen-bond acceptors (Lipinski definition) is 3. The van der Waals surface area contributed by atoms with Gasteiger partial charge in [0.15, 0.2) is 5.78 Å².